The normalized spacial score (nSPS) is 12.1. The molecule has 4 aromatic heterocycles. The first kappa shape index (κ1) is 26.4. The van der Waals surface area contributed by atoms with Gasteiger partial charge in [-0.2, -0.15) is 0 Å². The van der Waals surface area contributed by atoms with Crippen molar-refractivity contribution in [2.24, 2.45) is 0 Å². The first-order valence-electron chi connectivity index (χ1n) is 16.6. The lowest BCUT2D eigenvalue weighted by Crippen LogP contribution is -1.93. The lowest BCUT2D eigenvalue weighted by atomic mass is 10.0. The highest BCUT2D eigenvalue weighted by Gasteiger charge is 2.17. The van der Waals surface area contributed by atoms with Gasteiger partial charge in [-0.25, -0.2) is 0 Å². The van der Waals surface area contributed by atoms with E-state index in [1.807, 2.05) is 18.5 Å². The number of hydrogen-bond acceptors (Lipinski definition) is 2. The Kier molecular flexibility index (Phi) is 5.35. The molecule has 0 spiro atoms. The van der Waals surface area contributed by atoms with Gasteiger partial charge in [0.05, 0.1) is 22.1 Å². The molecule has 0 amide bonds. The van der Waals surface area contributed by atoms with E-state index < -0.39 is 0 Å². The van der Waals surface area contributed by atoms with Gasteiger partial charge < -0.3 is 13.6 Å². The highest BCUT2D eigenvalue weighted by molar-refractivity contribution is 6.16. The molecule has 4 heterocycles. The van der Waals surface area contributed by atoms with Gasteiger partial charge in [-0.15, -0.1) is 0 Å². The molecule has 4 heteroatoms. The molecule has 49 heavy (non-hydrogen) atoms. The maximum atomic E-state index is 6.41. The van der Waals surface area contributed by atoms with Crippen molar-refractivity contribution in [3.05, 3.63) is 164 Å². The van der Waals surface area contributed by atoms with Crippen LogP contribution >= 0.6 is 0 Å². The molecule has 11 aromatic rings. The standard InChI is InChI=1S/C45H27N3O/c1-2-8-31(9-3-1)47-40-12-6-4-10-33(40)36-24-29(15-19-42(36)47)30-16-20-43-37(25-30)34-11-5-7-13-41(34)48(43)32-17-21-44-38(26-32)35-18-14-28-22-23-46-27-39(28)45(35)49-44/h1-27H. The van der Waals surface area contributed by atoms with Crippen LogP contribution in [0.4, 0.5) is 0 Å². The molecule has 11 rings (SSSR count). The van der Waals surface area contributed by atoms with Crippen molar-refractivity contribution in [2.45, 2.75) is 0 Å². The molecule has 0 aliphatic rings. The number of benzene rings is 7. The number of hydrogen-bond donors (Lipinski definition) is 0. The fourth-order valence-corrected chi connectivity index (χ4v) is 7.96. The summed E-state index contributed by atoms with van der Waals surface area (Å²) in [6.45, 7) is 0. The quantitative estimate of drug-likeness (QED) is 0.196. The Morgan fingerprint density at radius 3 is 1.76 bits per heavy atom. The zero-order chi connectivity index (χ0) is 32.1. The molecule has 0 bridgehead atoms. The van der Waals surface area contributed by atoms with Crippen LogP contribution in [0, 0.1) is 0 Å². The fraction of sp³-hybridized carbons (Fsp3) is 0. The minimum absolute atomic E-state index is 0.877. The van der Waals surface area contributed by atoms with Gasteiger partial charge in [-0.3, -0.25) is 4.98 Å². The van der Waals surface area contributed by atoms with Gasteiger partial charge in [-0.1, -0.05) is 72.8 Å². The number of rotatable bonds is 3. The zero-order valence-corrected chi connectivity index (χ0v) is 26.3. The monoisotopic (exact) mass is 625 g/mol. The van der Waals surface area contributed by atoms with E-state index in [0.717, 1.165) is 38.4 Å². The highest BCUT2D eigenvalue weighted by Crippen LogP contribution is 2.40. The van der Waals surface area contributed by atoms with Gasteiger partial charge in [0.2, 0.25) is 0 Å². The number of furan rings is 1. The van der Waals surface area contributed by atoms with Crippen molar-refractivity contribution in [3.8, 4) is 22.5 Å². The fourth-order valence-electron chi connectivity index (χ4n) is 7.96. The van der Waals surface area contributed by atoms with Gasteiger partial charge in [-0.05, 0) is 95.4 Å². The summed E-state index contributed by atoms with van der Waals surface area (Å²) < 4.78 is 11.2. The molecule has 0 N–H and O–H groups in total. The first-order chi connectivity index (χ1) is 24.3. The van der Waals surface area contributed by atoms with E-state index in [1.54, 1.807) is 0 Å². The van der Waals surface area contributed by atoms with Gasteiger partial charge in [0, 0.05) is 61.5 Å². The topological polar surface area (TPSA) is 35.9 Å². The molecular formula is C45H27N3O. The van der Waals surface area contributed by atoms with E-state index in [4.69, 9.17) is 4.42 Å². The second-order valence-electron chi connectivity index (χ2n) is 12.8. The van der Waals surface area contributed by atoms with Crippen LogP contribution in [-0.2, 0) is 0 Å². The van der Waals surface area contributed by atoms with Crippen LogP contribution in [0.3, 0.4) is 0 Å². The summed E-state index contributed by atoms with van der Waals surface area (Å²) >= 11 is 0. The molecular weight excluding hydrogens is 599 g/mol. The lowest BCUT2D eigenvalue weighted by Gasteiger charge is -2.09. The Bertz CT molecular complexity index is 3110. The van der Waals surface area contributed by atoms with Crippen molar-refractivity contribution in [1.29, 1.82) is 0 Å². The number of fused-ring (bicyclic) bond motifs is 11. The molecule has 0 radical (unpaired) electrons. The van der Waals surface area contributed by atoms with Gasteiger partial charge in [0.1, 0.15) is 11.2 Å². The number of aromatic nitrogens is 3. The largest absolute Gasteiger partial charge is 0.455 e. The lowest BCUT2D eigenvalue weighted by molar-refractivity contribution is 0.672. The molecule has 0 unspecified atom stereocenters. The predicted molar refractivity (Wildman–Crippen MR) is 203 cm³/mol. The third-order valence-corrected chi connectivity index (χ3v) is 10.2. The van der Waals surface area contributed by atoms with Crippen molar-refractivity contribution >= 4 is 76.3 Å². The van der Waals surface area contributed by atoms with Crippen LogP contribution in [-0.4, -0.2) is 14.1 Å². The Morgan fingerprint density at radius 1 is 0.408 bits per heavy atom. The molecule has 0 atom stereocenters. The minimum atomic E-state index is 0.877. The zero-order valence-electron chi connectivity index (χ0n) is 26.3. The van der Waals surface area contributed by atoms with Crippen LogP contribution in [0.25, 0.3) is 98.8 Å². The molecule has 0 saturated heterocycles. The summed E-state index contributed by atoms with van der Waals surface area (Å²) in [7, 11) is 0. The second kappa shape index (κ2) is 9.93. The van der Waals surface area contributed by atoms with Crippen molar-refractivity contribution in [3.63, 3.8) is 0 Å². The molecule has 0 saturated carbocycles. The second-order valence-corrected chi connectivity index (χ2v) is 12.8. The van der Waals surface area contributed by atoms with E-state index in [1.165, 1.54) is 60.4 Å². The first-order valence-corrected chi connectivity index (χ1v) is 16.6. The van der Waals surface area contributed by atoms with E-state index >= 15 is 0 Å². The maximum absolute atomic E-state index is 6.41. The summed E-state index contributed by atoms with van der Waals surface area (Å²) in [5, 5.41) is 9.33. The Morgan fingerprint density at radius 2 is 1.04 bits per heavy atom. The van der Waals surface area contributed by atoms with E-state index in [9.17, 15) is 0 Å². The number of para-hydroxylation sites is 3. The summed E-state index contributed by atoms with van der Waals surface area (Å²) in [5.41, 5.74) is 11.2. The van der Waals surface area contributed by atoms with Crippen LogP contribution in [0.15, 0.2) is 168 Å². The molecule has 7 aromatic carbocycles. The highest BCUT2D eigenvalue weighted by atomic mass is 16.3. The molecule has 228 valence electrons. The molecule has 0 aliphatic heterocycles. The SMILES string of the molecule is c1ccc(-n2c3ccccc3c3cc(-c4ccc5c(c4)c4ccccc4n5-c4ccc5oc6c7cnccc7ccc6c5c4)ccc32)cc1. The van der Waals surface area contributed by atoms with Crippen LogP contribution in [0.5, 0.6) is 0 Å². The van der Waals surface area contributed by atoms with Gasteiger partial charge in [0.15, 0.2) is 0 Å². The Labute approximate surface area is 280 Å². The summed E-state index contributed by atoms with van der Waals surface area (Å²) in [6.07, 6.45) is 3.72. The Hall–Kier alpha value is -6.65. The van der Waals surface area contributed by atoms with E-state index in [2.05, 4.69) is 160 Å². The smallest absolute Gasteiger partial charge is 0.144 e. The predicted octanol–water partition coefficient (Wildman–Crippen LogP) is 12.0. The van der Waals surface area contributed by atoms with E-state index in [0.29, 0.717) is 0 Å². The molecule has 0 aliphatic carbocycles. The maximum Gasteiger partial charge on any atom is 0.144 e. The average molecular weight is 626 g/mol. The van der Waals surface area contributed by atoms with Gasteiger partial charge >= 0.3 is 0 Å². The Balaban J connectivity index is 1.10. The third-order valence-electron chi connectivity index (χ3n) is 10.2. The summed E-state index contributed by atoms with van der Waals surface area (Å²) in [4.78, 5) is 4.37. The van der Waals surface area contributed by atoms with E-state index in [-0.39, 0.29) is 0 Å². The minimum Gasteiger partial charge on any atom is -0.455 e. The van der Waals surface area contributed by atoms with Crippen molar-refractivity contribution in [1.82, 2.24) is 14.1 Å². The number of nitrogens with zero attached hydrogens (tertiary/aromatic N) is 3. The summed E-state index contributed by atoms with van der Waals surface area (Å²) in [6, 6.07) is 54.7. The van der Waals surface area contributed by atoms with Crippen LogP contribution in [0.2, 0.25) is 0 Å². The summed E-state index contributed by atoms with van der Waals surface area (Å²) in [5.74, 6) is 0. The van der Waals surface area contributed by atoms with Gasteiger partial charge in [0.25, 0.3) is 0 Å². The van der Waals surface area contributed by atoms with Crippen LogP contribution in [0.1, 0.15) is 0 Å². The molecule has 4 nitrogen and oxygen atoms in total. The third kappa shape index (κ3) is 3.77. The van der Waals surface area contributed by atoms with Crippen molar-refractivity contribution < 1.29 is 4.42 Å². The number of pyridine rings is 1. The average Bonchev–Trinajstić information content (AvgIpc) is 3.82. The molecule has 0 fully saturated rings. The van der Waals surface area contributed by atoms with Crippen LogP contribution < -0.4 is 0 Å². The van der Waals surface area contributed by atoms with Crippen molar-refractivity contribution in [2.75, 3.05) is 0 Å².